The topological polar surface area (TPSA) is 55.4 Å². The molecule has 0 aliphatic heterocycles. The van der Waals surface area contributed by atoms with Gasteiger partial charge in [-0.3, -0.25) is 4.72 Å². The Morgan fingerprint density at radius 2 is 1.44 bits per heavy atom. The Labute approximate surface area is 168 Å². The van der Waals surface area contributed by atoms with E-state index >= 15 is 0 Å². The Morgan fingerprint density at radius 1 is 0.815 bits per heavy atom. The van der Waals surface area contributed by atoms with Crippen LogP contribution in [0.1, 0.15) is 11.1 Å². The fourth-order valence-corrected chi connectivity index (χ4v) is 4.38. The average Bonchev–Trinajstić information content (AvgIpc) is 2.65. The Hall–Kier alpha value is -2.21. The first kappa shape index (κ1) is 19.5. The summed E-state index contributed by atoms with van der Waals surface area (Å²) in [6.07, 6.45) is 0. The van der Waals surface area contributed by atoms with Gasteiger partial charge in [0.2, 0.25) is 10.0 Å². The van der Waals surface area contributed by atoms with E-state index in [1.807, 2.05) is 30.3 Å². The van der Waals surface area contributed by atoms with Gasteiger partial charge in [-0.2, -0.15) is 0 Å². The molecule has 3 aromatic rings. The van der Waals surface area contributed by atoms with Gasteiger partial charge in [-0.15, -0.1) is 0 Å². The van der Waals surface area contributed by atoms with E-state index in [1.165, 1.54) is 0 Å². The minimum Gasteiger partial charge on any atom is -0.489 e. The van der Waals surface area contributed by atoms with Gasteiger partial charge >= 0.3 is 0 Å². The molecule has 0 fully saturated rings. The highest BCUT2D eigenvalue weighted by molar-refractivity contribution is 7.91. The van der Waals surface area contributed by atoms with Crippen molar-refractivity contribution in [2.24, 2.45) is 0 Å². The summed E-state index contributed by atoms with van der Waals surface area (Å²) in [4.78, 5) is 0. The summed E-state index contributed by atoms with van der Waals surface area (Å²) >= 11 is 12.1. The quantitative estimate of drug-likeness (QED) is 0.546. The van der Waals surface area contributed by atoms with Crippen molar-refractivity contribution in [2.45, 2.75) is 12.4 Å². The van der Waals surface area contributed by atoms with Gasteiger partial charge in [0, 0.05) is 21.3 Å². The molecule has 0 radical (unpaired) electrons. The lowest BCUT2D eigenvalue weighted by molar-refractivity contribution is 0.306. The lowest BCUT2D eigenvalue weighted by Crippen LogP contribution is -2.15. The highest BCUT2D eigenvalue weighted by Gasteiger charge is 2.16. The van der Waals surface area contributed by atoms with Gasteiger partial charge in [-0.1, -0.05) is 59.6 Å². The molecule has 0 atom stereocenters. The van der Waals surface area contributed by atoms with Gasteiger partial charge in [0.15, 0.2) is 0 Å². The molecule has 4 nitrogen and oxygen atoms in total. The van der Waals surface area contributed by atoms with E-state index < -0.39 is 10.0 Å². The van der Waals surface area contributed by atoms with Crippen LogP contribution in [0.15, 0.2) is 72.8 Å². The van der Waals surface area contributed by atoms with E-state index in [0.29, 0.717) is 33.7 Å². The maximum atomic E-state index is 12.4. The second-order valence-corrected chi connectivity index (χ2v) is 8.40. The summed E-state index contributed by atoms with van der Waals surface area (Å²) in [6, 6.07) is 21.4. The SMILES string of the molecule is O=S(=O)(Cc1c(Cl)cccc1Cl)Nc1ccc(OCc2ccccc2)cc1. The Kier molecular flexibility index (Phi) is 6.26. The van der Waals surface area contributed by atoms with E-state index in [2.05, 4.69) is 4.72 Å². The number of rotatable bonds is 7. The Balaban J connectivity index is 1.63. The van der Waals surface area contributed by atoms with Gasteiger partial charge < -0.3 is 4.74 Å². The van der Waals surface area contributed by atoms with Crippen LogP contribution in [-0.2, 0) is 22.4 Å². The summed E-state index contributed by atoms with van der Waals surface area (Å²) in [7, 11) is -3.66. The van der Waals surface area contributed by atoms with Crippen molar-refractivity contribution in [1.29, 1.82) is 0 Å². The molecule has 0 saturated heterocycles. The van der Waals surface area contributed by atoms with Gasteiger partial charge in [0.05, 0.1) is 5.75 Å². The highest BCUT2D eigenvalue weighted by atomic mass is 35.5. The van der Waals surface area contributed by atoms with Crippen LogP contribution in [0.25, 0.3) is 0 Å². The molecule has 0 aromatic heterocycles. The van der Waals surface area contributed by atoms with E-state index in [-0.39, 0.29) is 5.75 Å². The van der Waals surface area contributed by atoms with Crippen molar-refractivity contribution in [3.63, 3.8) is 0 Å². The third-order valence-corrected chi connectivity index (χ3v) is 5.70. The van der Waals surface area contributed by atoms with Crippen LogP contribution in [-0.4, -0.2) is 8.42 Å². The van der Waals surface area contributed by atoms with Gasteiger partial charge in [0.25, 0.3) is 0 Å². The standard InChI is InChI=1S/C20H17Cl2NO3S/c21-19-7-4-8-20(22)18(19)14-27(24,25)23-16-9-11-17(12-10-16)26-13-15-5-2-1-3-6-15/h1-12,23H,13-14H2. The van der Waals surface area contributed by atoms with Crippen molar-refractivity contribution >= 4 is 38.9 Å². The largest absolute Gasteiger partial charge is 0.489 e. The third-order valence-electron chi connectivity index (χ3n) is 3.77. The molecular formula is C20H17Cl2NO3S. The van der Waals surface area contributed by atoms with Crippen LogP contribution in [0.2, 0.25) is 10.0 Å². The molecule has 1 N–H and O–H groups in total. The number of ether oxygens (including phenoxy) is 1. The molecule has 0 spiro atoms. The van der Waals surface area contributed by atoms with Crippen LogP contribution in [0.3, 0.4) is 0 Å². The van der Waals surface area contributed by atoms with E-state index in [1.54, 1.807) is 42.5 Å². The molecule has 0 saturated carbocycles. The number of halogens is 2. The van der Waals surface area contributed by atoms with Crippen LogP contribution >= 0.6 is 23.2 Å². The molecule has 0 unspecified atom stereocenters. The second-order valence-electron chi connectivity index (χ2n) is 5.86. The smallest absolute Gasteiger partial charge is 0.237 e. The Bertz CT molecular complexity index is 987. The summed E-state index contributed by atoms with van der Waals surface area (Å²) < 4.78 is 33.0. The Morgan fingerprint density at radius 3 is 2.07 bits per heavy atom. The molecular weight excluding hydrogens is 405 g/mol. The lowest BCUT2D eigenvalue weighted by atomic mass is 10.2. The summed E-state index contributed by atoms with van der Waals surface area (Å²) in [6.45, 7) is 0.441. The molecule has 3 aromatic carbocycles. The zero-order valence-electron chi connectivity index (χ0n) is 14.2. The van der Waals surface area contributed by atoms with Gasteiger partial charge in [0.1, 0.15) is 12.4 Å². The first-order chi connectivity index (χ1) is 12.9. The number of hydrogen-bond donors (Lipinski definition) is 1. The second kappa shape index (κ2) is 8.65. The maximum absolute atomic E-state index is 12.4. The fraction of sp³-hybridized carbons (Fsp3) is 0.100. The zero-order valence-corrected chi connectivity index (χ0v) is 16.6. The van der Waals surface area contributed by atoms with Crippen LogP contribution < -0.4 is 9.46 Å². The normalized spacial score (nSPS) is 11.2. The molecule has 3 rings (SSSR count). The van der Waals surface area contributed by atoms with Crippen molar-refractivity contribution in [2.75, 3.05) is 4.72 Å². The van der Waals surface area contributed by atoms with Crippen molar-refractivity contribution in [3.05, 3.63) is 94.0 Å². The maximum Gasteiger partial charge on any atom is 0.237 e. The lowest BCUT2D eigenvalue weighted by Gasteiger charge is -2.11. The fourth-order valence-electron chi connectivity index (χ4n) is 2.44. The molecule has 0 aliphatic carbocycles. The monoisotopic (exact) mass is 421 g/mol. The van der Waals surface area contributed by atoms with Crippen LogP contribution in [0.4, 0.5) is 5.69 Å². The number of anilines is 1. The minimum absolute atomic E-state index is 0.308. The number of hydrogen-bond acceptors (Lipinski definition) is 3. The molecule has 0 aliphatic rings. The number of sulfonamides is 1. The van der Waals surface area contributed by atoms with Gasteiger partial charge in [-0.05, 0) is 42.0 Å². The van der Waals surface area contributed by atoms with E-state index in [4.69, 9.17) is 27.9 Å². The highest BCUT2D eigenvalue weighted by Crippen LogP contribution is 2.27. The van der Waals surface area contributed by atoms with E-state index in [0.717, 1.165) is 5.56 Å². The first-order valence-corrected chi connectivity index (χ1v) is 10.5. The average molecular weight is 422 g/mol. The van der Waals surface area contributed by atoms with Crippen molar-refractivity contribution < 1.29 is 13.2 Å². The minimum atomic E-state index is -3.66. The number of nitrogens with one attached hydrogen (secondary N) is 1. The van der Waals surface area contributed by atoms with Crippen molar-refractivity contribution in [1.82, 2.24) is 0 Å². The predicted octanol–water partition coefficient (Wildman–Crippen LogP) is 5.51. The molecule has 140 valence electrons. The zero-order chi connectivity index (χ0) is 19.3. The molecule has 0 bridgehead atoms. The van der Waals surface area contributed by atoms with E-state index in [9.17, 15) is 8.42 Å². The number of benzene rings is 3. The molecule has 27 heavy (non-hydrogen) atoms. The first-order valence-electron chi connectivity index (χ1n) is 8.13. The van der Waals surface area contributed by atoms with Crippen molar-refractivity contribution in [3.8, 4) is 5.75 Å². The molecule has 0 amide bonds. The van der Waals surface area contributed by atoms with Gasteiger partial charge in [-0.25, -0.2) is 8.42 Å². The summed E-state index contributed by atoms with van der Waals surface area (Å²) in [5, 5.41) is 0.634. The molecule has 0 heterocycles. The third kappa shape index (κ3) is 5.63. The summed E-state index contributed by atoms with van der Waals surface area (Å²) in [5.41, 5.74) is 1.86. The van der Waals surface area contributed by atoms with Crippen LogP contribution in [0.5, 0.6) is 5.75 Å². The predicted molar refractivity (Wildman–Crippen MR) is 110 cm³/mol. The van der Waals surface area contributed by atoms with Crippen LogP contribution in [0, 0.1) is 0 Å². The summed E-state index contributed by atoms with van der Waals surface area (Å²) in [5.74, 6) is 0.341. The molecule has 7 heteroatoms.